The molecular weight excluding hydrogens is 490 g/mol. The van der Waals surface area contributed by atoms with Crippen molar-refractivity contribution in [1.82, 2.24) is 0 Å². The van der Waals surface area contributed by atoms with Crippen LogP contribution >= 0.6 is 0 Å². The molecule has 3 nitrogen and oxygen atoms in total. The van der Waals surface area contributed by atoms with Crippen LogP contribution in [0.2, 0.25) is 0 Å². The molecule has 0 spiro atoms. The largest absolute Gasteiger partial charge is 0.460 e. The summed E-state index contributed by atoms with van der Waals surface area (Å²) in [5.74, 6) is 2.09. The predicted molar refractivity (Wildman–Crippen MR) is 167 cm³/mol. The van der Waals surface area contributed by atoms with Gasteiger partial charge in [-0.1, -0.05) is 73.3 Å². The number of benzene rings is 3. The van der Waals surface area contributed by atoms with Gasteiger partial charge in [0.1, 0.15) is 22.7 Å². The Morgan fingerprint density at radius 1 is 0.925 bits per heavy atom. The van der Waals surface area contributed by atoms with Crippen molar-refractivity contribution in [2.24, 2.45) is 5.73 Å². The fourth-order valence-corrected chi connectivity index (χ4v) is 6.41. The minimum Gasteiger partial charge on any atom is -0.460 e. The van der Waals surface area contributed by atoms with Crippen LogP contribution < -0.4 is 5.73 Å². The van der Waals surface area contributed by atoms with Crippen molar-refractivity contribution in [3.8, 4) is 11.1 Å². The summed E-state index contributed by atoms with van der Waals surface area (Å²) in [7, 11) is 0. The molecule has 2 aliphatic carbocycles. The second kappa shape index (κ2) is 9.39. The molecular formula is C37H33NO2. The van der Waals surface area contributed by atoms with Crippen LogP contribution in [0.1, 0.15) is 60.5 Å². The Morgan fingerprint density at radius 2 is 1.75 bits per heavy atom. The summed E-state index contributed by atoms with van der Waals surface area (Å²) in [5.41, 5.74) is 17.5. The standard InChI is InChI=1S/C37H33NO2/c1-4-11-23(2)24-20-30(27-15-10-17-34-35(27)28-14-8-9-16-32(28)39-34)36-31(21-24)29-22-26(18-19-33(29)40-36)37(3,38)25-12-6-5-7-13-25/h4-8,10-15,17,20-22H,1,9,16,18-19,38H2,2-3H3/b23-11+. The van der Waals surface area contributed by atoms with E-state index >= 15 is 0 Å². The van der Waals surface area contributed by atoms with E-state index in [2.05, 4.69) is 99.3 Å². The fraction of sp³-hybridized carbons (Fsp3) is 0.189. The van der Waals surface area contributed by atoms with Gasteiger partial charge in [0.05, 0.1) is 5.54 Å². The lowest BCUT2D eigenvalue weighted by Crippen LogP contribution is -2.36. The first-order chi connectivity index (χ1) is 19.5. The molecule has 1 unspecified atom stereocenters. The van der Waals surface area contributed by atoms with E-state index in [9.17, 15) is 0 Å². The van der Waals surface area contributed by atoms with Gasteiger partial charge in [0, 0.05) is 40.3 Å². The van der Waals surface area contributed by atoms with E-state index in [1.165, 1.54) is 11.1 Å². The highest BCUT2D eigenvalue weighted by Crippen LogP contribution is 2.45. The number of fused-ring (bicyclic) bond motifs is 6. The Balaban J connectivity index is 1.49. The molecule has 1 atom stereocenters. The van der Waals surface area contributed by atoms with Crippen LogP contribution in [0, 0.1) is 0 Å². The number of furan rings is 2. The number of allylic oxidation sites excluding steroid dienone is 4. The molecule has 5 aromatic rings. The van der Waals surface area contributed by atoms with Crippen molar-refractivity contribution in [3.63, 3.8) is 0 Å². The zero-order chi connectivity index (χ0) is 27.4. The Morgan fingerprint density at radius 3 is 2.58 bits per heavy atom. The lowest BCUT2D eigenvalue weighted by molar-refractivity contribution is 0.513. The molecule has 2 aromatic heterocycles. The summed E-state index contributed by atoms with van der Waals surface area (Å²) >= 11 is 0. The summed E-state index contributed by atoms with van der Waals surface area (Å²) in [6, 6.07) is 21.2. The Bertz CT molecular complexity index is 1890. The number of aryl methyl sites for hydroxylation is 2. The monoisotopic (exact) mass is 523 g/mol. The minimum atomic E-state index is -0.560. The number of nitrogens with two attached hydrogens (primary N) is 1. The smallest absolute Gasteiger partial charge is 0.142 e. The zero-order valence-electron chi connectivity index (χ0n) is 23.1. The quantitative estimate of drug-likeness (QED) is 0.233. The summed E-state index contributed by atoms with van der Waals surface area (Å²) in [4.78, 5) is 0. The van der Waals surface area contributed by atoms with Gasteiger partial charge < -0.3 is 14.6 Å². The minimum absolute atomic E-state index is 0.560. The van der Waals surface area contributed by atoms with Gasteiger partial charge in [0.2, 0.25) is 0 Å². The topological polar surface area (TPSA) is 52.3 Å². The van der Waals surface area contributed by atoms with Crippen LogP contribution in [0.4, 0.5) is 0 Å². The predicted octanol–water partition coefficient (Wildman–Crippen LogP) is 9.60. The highest BCUT2D eigenvalue weighted by atomic mass is 16.3. The number of hydrogen-bond donors (Lipinski definition) is 1. The second-order valence-corrected chi connectivity index (χ2v) is 11.2. The molecule has 40 heavy (non-hydrogen) atoms. The maximum atomic E-state index is 7.00. The summed E-state index contributed by atoms with van der Waals surface area (Å²) in [6.45, 7) is 8.19. The van der Waals surface area contributed by atoms with Crippen LogP contribution in [0.5, 0.6) is 0 Å². The number of rotatable bonds is 5. The number of hydrogen-bond acceptors (Lipinski definition) is 3. The molecule has 2 aliphatic rings. The van der Waals surface area contributed by atoms with Crippen molar-refractivity contribution < 1.29 is 8.83 Å². The van der Waals surface area contributed by atoms with Crippen molar-refractivity contribution in [2.75, 3.05) is 0 Å². The highest BCUT2D eigenvalue weighted by molar-refractivity contribution is 6.08. The lowest BCUT2D eigenvalue weighted by Gasteiger charge is -2.30. The van der Waals surface area contributed by atoms with Crippen molar-refractivity contribution in [3.05, 3.63) is 125 Å². The van der Waals surface area contributed by atoms with E-state index in [-0.39, 0.29) is 0 Å². The molecule has 0 saturated heterocycles. The van der Waals surface area contributed by atoms with Gasteiger partial charge in [-0.15, -0.1) is 0 Å². The molecule has 0 fully saturated rings. The second-order valence-electron chi connectivity index (χ2n) is 11.2. The fourth-order valence-electron chi connectivity index (χ4n) is 6.41. The molecule has 0 amide bonds. The van der Waals surface area contributed by atoms with Gasteiger partial charge in [-0.3, -0.25) is 0 Å². The third-order valence-corrected chi connectivity index (χ3v) is 8.65. The van der Waals surface area contributed by atoms with Crippen LogP contribution in [-0.4, -0.2) is 0 Å². The van der Waals surface area contributed by atoms with E-state index in [1.54, 1.807) is 0 Å². The average Bonchev–Trinajstić information content (AvgIpc) is 3.55. The van der Waals surface area contributed by atoms with E-state index in [1.807, 2.05) is 12.1 Å². The van der Waals surface area contributed by atoms with Crippen molar-refractivity contribution in [1.29, 1.82) is 0 Å². The summed E-state index contributed by atoms with van der Waals surface area (Å²) in [6.07, 6.45) is 14.3. The third-order valence-electron chi connectivity index (χ3n) is 8.65. The van der Waals surface area contributed by atoms with Crippen LogP contribution in [0.25, 0.3) is 50.8 Å². The maximum absolute atomic E-state index is 7.00. The molecule has 0 radical (unpaired) electrons. The molecule has 0 bridgehead atoms. The van der Waals surface area contributed by atoms with E-state index in [0.29, 0.717) is 0 Å². The van der Waals surface area contributed by atoms with E-state index in [4.69, 9.17) is 14.6 Å². The first-order valence-electron chi connectivity index (χ1n) is 14.1. The maximum Gasteiger partial charge on any atom is 0.142 e. The molecule has 0 aliphatic heterocycles. The Hall–Kier alpha value is -4.34. The highest BCUT2D eigenvalue weighted by Gasteiger charge is 2.31. The Kier molecular flexibility index (Phi) is 5.80. The molecule has 2 N–H and O–H groups in total. The first-order valence-corrected chi connectivity index (χ1v) is 14.1. The molecule has 3 aromatic carbocycles. The van der Waals surface area contributed by atoms with Gasteiger partial charge in [-0.05, 0) is 78.8 Å². The van der Waals surface area contributed by atoms with Crippen LogP contribution in [-0.2, 0) is 18.4 Å². The van der Waals surface area contributed by atoms with Crippen molar-refractivity contribution in [2.45, 2.75) is 45.1 Å². The van der Waals surface area contributed by atoms with Crippen LogP contribution in [0.3, 0.4) is 0 Å². The Labute approximate surface area is 235 Å². The van der Waals surface area contributed by atoms with Gasteiger partial charge in [0.25, 0.3) is 0 Å². The SMILES string of the molecule is C=C/C=C(\C)c1cc(-c2cccc3oc4c(c23)C=CCC4)c2oc3c(c2c1)C=C(C(C)(N)c1ccccc1)CC3. The zero-order valence-corrected chi connectivity index (χ0v) is 23.1. The van der Waals surface area contributed by atoms with Crippen molar-refractivity contribution >= 4 is 39.7 Å². The van der Waals surface area contributed by atoms with Gasteiger partial charge in [-0.25, -0.2) is 0 Å². The molecule has 2 heterocycles. The van der Waals surface area contributed by atoms with Gasteiger partial charge in [0.15, 0.2) is 0 Å². The molecule has 0 saturated carbocycles. The van der Waals surface area contributed by atoms with Crippen LogP contribution in [0.15, 0.2) is 99.9 Å². The normalized spacial score (nSPS) is 16.5. The molecule has 7 rings (SSSR count). The first kappa shape index (κ1) is 24.7. The summed E-state index contributed by atoms with van der Waals surface area (Å²) in [5, 5.41) is 2.27. The molecule has 3 heteroatoms. The molecule has 198 valence electrons. The van der Waals surface area contributed by atoms with Gasteiger partial charge in [-0.2, -0.15) is 0 Å². The van der Waals surface area contributed by atoms with E-state index < -0.39 is 5.54 Å². The average molecular weight is 524 g/mol. The van der Waals surface area contributed by atoms with Gasteiger partial charge >= 0.3 is 0 Å². The van der Waals surface area contributed by atoms with E-state index in [0.717, 1.165) is 92.5 Å². The lowest BCUT2D eigenvalue weighted by atomic mass is 9.79. The summed E-state index contributed by atoms with van der Waals surface area (Å²) < 4.78 is 13.1. The third kappa shape index (κ3) is 3.84.